The van der Waals surface area contributed by atoms with Crippen LogP contribution in [0.15, 0.2) is 29.2 Å². The molecule has 0 spiro atoms. The molecule has 2 aromatic rings. The summed E-state index contributed by atoms with van der Waals surface area (Å²) in [6.45, 7) is 3.70. The van der Waals surface area contributed by atoms with Crippen molar-refractivity contribution in [1.29, 1.82) is 0 Å². The minimum atomic E-state index is -3.66. The number of thiophene rings is 1. The molecule has 0 unspecified atom stereocenters. The van der Waals surface area contributed by atoms with Crippen LogP contribution in [0.3, 0.4) is 0 Å². The molecule has 0 radical (unpaired) electrons. The van der Waals surface area contributed by atoms with Crippen molar-refractivity contribution in [1.82, 2.24) is 14.1 Å². The molecule has 1 saturated heterocycles. The number of carbonyl (C=O) groups excluding carboxylic acids is 3. The third kappa shape index (κ3) is 5.10. The maximum absolute atomic E-state index is 13.0. The van der Waals surface area contributed by atoms with Gasteiger partial charge in [0.05, 0.1) is 30.2 Å². The van der Waals surface area contributed by atoms with E-state index in [-0.39, 0.29) is 35.4 Å². The first-order valence-electron chi connectivity index (χ1n) is 11.2. The zero-order valence-corrected chi connectivity index (χ0v) is 21.5. The minimum absolute atomic E-state index is 0.0396. The van der Waals surface area contributed by atoms with Gasteiger partial charge >= 0.3 is 0 Å². The Kier molecular flexibility index (Phi) is 7.27. The summed E-state index contributed by atoms with van der Waals surface area (Å²) < 4.78 is 32.3. The first-order chi connectivity index (χ1) is 16.6. The Hall–Kier alpha value is -2.80. The molecule has 0 atom stereocenters. The van der Waals surface area contributed by atoms with Crippen molar-refractivity contribution >= 4 is 44.1 Å². The van der Waals surface area contributed by atoms with Crippen LogP contribution in [0.25, 0.3) is 0 Å². The van der Waals surface area contributed by atoms with E-state index in [2.05, 4.69) is 5.32 Å². The second kappa shape index (κ2) is 10.1. The van der Waals surface area contributed by atoms with Gasteiger partial charge < -0.3 is 19.9 Å². The van der Waals surface area contributed by atoms with E-state index in [9.17, 15) is 22.8 Å². The largest absolute Gasteiger partial charge is 0.379 e. The number of hydrogen-bond acceptors (Lipinski definition) is 7. The van der Waals surface area contributed by atoms with E-state index in [1.165, 1.54) is 51.7 Å². The summed E-state index contributed by atoms with van der Waals surface area (Å²) in [5, 5.41) is 3.26. The summed E-state index contributed by atoms with van der Waals surface area (Å²) in [5.74, 6) is -0.710. The number of hydrogen-bond donors (Lipinski definition) is 1. The number of ether oxygens (including phenoxy) is 1. The van der Waals surface area contributed by atoms with Gasteiger partial charge in [0, 0.05) is 51.1 Å². The van der Waals surface area contributed by atoms with Crippen molar-refractivity contribution in [3.63, 3.8) is 0 Å². The average Bonchev–Trinajstić information content (AvgIpc) is 3.20. The zero-order valence-electron chi connectivity index (χ0n) is 19.9. The van der Waals surface area contributed by atoms with Crippen molar-refractivity contribution in [2.75, 3.05) is 52.3 Å². The first kappa shape index (κ1) is 25.3. The van der Waals surface area contributed by atoms with Crippen LogP contribution in [0.1, 0.15) is 38.1 Å². The number of morpholine rings is 1. The summed E-state index contributed by atoms with van der Waals surface area (Å²) in [6, 6.07) is 5.74. The maximum atomic E-state index is 13.0. The van der Waals surface area contributed by atoms with Crippen molar-refractivity contribution in [2.45, 2.75) is 24.8 Å². The van der Waals surface area contributed by atoms with Gasteiger partial charge in [-0.05, 0) is 36.2 Å². The zero-order chi connectivity index (χ0) is 25.3. The van der Waals surface area contributed by atoms with Crippen LogP contribution in [-0.4, -0.2) is 87.2 Å². The molecular formula is C23H28N4O6S2. The number of amides is 3. The second-order valence-electron chi connectivity index (χ2n) is 8.59. The summed E-state index contributed by atoms with van der Waals surface area (Å²) in [5.41, 5.74) is 1.57. The molecule has 2 aliphatic rings. The lowest BCUT2D eigenvalue weighted by atomic mass is 10.0. The van der Waals surface area contributed by atoms with E-state index in [1.807, 2.05) is 0 Å². The van der Waals surface area contributed by atoms with Crippen LogP contribution in [-0.2, 0) is 32.5 Å². The van der Waals surface area contributed by atoms with Gasteiger partial charge in [0.1, 0.15) is 5.00 Å². The topological polar surface area (TPSA) is 116 Å². The number of nitrogens with zero attached hydrogens (tertiary/aromatic N) is 3. The molecule has 1 fully saturated rings. The molecule has 0 aliphatic carbocycles. The molecule has 1 N–H and O–H groups in total. The van der Waals surface area contributed by atoms with Gasteiger partial charge in [-0.1, -0.05) is 0 Å². The van der Waals surface area contributed by atoms with Gasteiger partial charge in [0.2, 0.25) is 15.9 Å². The van der Waals surface area contributed by atoms with E-state index in [4.69, 9.17) is 4.74 Å². The Balaban J connectivity index is 1.58. The lowest BCUT2D eigenvalue weighted by molar-refractivity contribution is -0.129. The number of sulfonamides is 1. The Morgan fingerprint density at radius 3 is 2.31 bits per heavy atom. The SMILES string of the molecule is CC(=O)N1CCc2c(sc(NC(=O)c3ccc(S(=O)(=O)N4CCOCC4)cc3)c2C(=O)N(C)C)C1. The molecule has 1 aromatic heterocycles. The van der Waals surface area contributed by atoms with Crippen molar-refractivity contribution in [3.8, 4) is 0 Å². The standard InChI is InChI=1S/C23H28N4O6S2/c1-15(28)26-9-8-18-19(14-26)34-22(20(18)23(30)25(2)3)24-21(29)16-4-6-17(7-5-16)35(31,32)27-10-12-33-13-11-27/h4-7H,8-14H2,1-3H3,(H,24,29). The molecule has 2 aliphatic heterocycles. The number of benzene rings is 1. The summed E-state index contributed by atoms with van der Waals surface area (Å²) >= 11 is 1.29. The lowest BCUT2D eigenvalue weighted by Gasteiger charge is -2.26. The fourth-order valence-electron chi connectivity index (χ4n) is 4.10. The third-order valence-corrected chi connectivity index (χ3v) is 9.12. The van der Waals surface area contributed by atoms with Crippen molar-refractivity contribution in [2.24, 2.45) is 0 Å². The molecule has 3 heterocycles. The average molecular weight is 521 g/mol. The van der Waals surface area contributed by atoms with Crippen molar-refractivity contribution in [3.05, 3.63) is 45.8 Å². The minimum Gasteiger partial charge on any atom is -0.379 e. The highest BCUT2D eigenvalue weighted by Crippen LogP contribution is 2.38. The number of fused-ring (bicyclic) bond motifs is 1. The van der Waals surface area contributed by atoms with E-state index >= 15 is 0 Å². The molecule has 188 valence electrons. The van der Waals surface area contributed by atoms with Gasteiger partial charge in [0.15, 0.2) is 0 Å². The monoisotopic (exact) mass is 520 g/mol. The van der Waals surface area contributed by atoms with Gasteiger partial charge in [0.25, 0.3) is 11.8 Å². The molecular weight excluding hydrogens is 492 g/mol. The predicted molar refractivity (Wildman–Crippen MR) is 131 cm³/mol. The van der Waals surface area contributed by atoms with Crippen LogP contribution in [0.4, 0.5) is 5.00 Å². The van der Waals surface area contributed by atoms with Crippen LogP contribution in [0.2, 0.25) is 0 Å². The van der Waals surface area contributed by atoms with Gasteiger partial charge in [-0.2, -0.15) is 4.31 Å². The van der Waals surface area contributed by atoms with Gasteiger partial charge in [-0.3, -0.25) is 14.4 Å². The quantitative estimate of drug-likeness (QED) is 0.641. The molecule has 12 heteroatoms. The van der Waals surface area contributed by atoms with Crippen LogP contribution in [0, 0.1) is 0 Å². The number of nitrogens with one attached hydrogen (secondary N) is 1. The highest BCUT2D eigenvalue weighted by molar-refractivity contribution is 7.89. The normalized spacial score (nSPS) is 16.5. The summed E-state index contributed by atoms with van der Waals surface area (Å²) in [7, 11) is -0.366. The highest BCUT2D eigenvalue weighted by atomic mass is 32.2. The van der Waals surface area contributed by atoms with E-state index < -0.39 is 15.9 Å². The Bertz CT molecular complexity index is 1250. The molecule has 3 amide bonds. The van der Waals surface area contributed by atoms with Gasteiger partial charge in [-0.25, -0.2) is 8.42 Å². The molecule has 0 bridgehead atoms. The third-order valence-electron chi connectivity index (χ3n) is 6.07. The molecule has 10 nitrogen and oxygen atoms in total. The van der Waals surface area contributed by atoms with E-state index in [0.29, 0.717) is 43.3 Å². The Morgan fingerprint density at radius 1 is 1.06 bits per heavy atom. The van der Waals surface area contributed by atoms with E-state index in [0.717, 1.165) is 10.4 Å². The molecule has 0 saturated carbocycles. The van der Waals surface area contributed by atoms with Crippen LogP contribution >= 0.6 is 11.3 Å². The predicted octanol–water partition coefficient (Wildman–Crippen LogP) is 1.63. The number of rotatable bonds is 5. The molecule has 4 rings (SSSR count). The second-order valence-corrected chi connectivity index (χ2v) is 11.6. The fourth-order valence-corrected chi connectivity index (χ4v) is 6.76. The fraction of sp³-hybridized carbons (Fsp3) is 0.435. The van der Waals surface area contributed by atoms with Crippen molar-refractivity contribution < 1.29 is 27.5 Å². The molecule has 1 aromatic carbocycles. The summed E-state index contributed by atoms with van der Waals surface area (Å²) in [4.78, 5) is 42.0. The first-order valence-corrected chi connectivity index (χ1v) is 13.5. The highest BCUT2D eigenvalue weighted by Gasteiger charge is 2.31. The maximum Gasteiger partial charge on any atom is 0.256 e. The number of carbonyl (C=O) groups is 3. The summed E-state index contributed by atoms with van der Waals surface area (Å²) in [6.07, 6.45) is 0.532. The smallest absolute Gasteiger partial charge is 0.256 e. The van der Waals surface area contributed by atoms with Crippen LogP contribution < -0.4 is 5.32 Å². The number of anilines is 1. The van der Waals surface area contributed by atoms with Gasteiger partial charge in [-0.15, -0.1) is 11.3 Å². The Labute approximate surface area is 208 Å². The van der Waals surface area contributed by atoms with E-state index in [1.54, 1.807) is 19.0 Å². The Morgan fingerprint density at radius 2 is 1.71 bits per heavy atom. The lowest BCUT2D eigenvalue weighted by Crippen LogP contribution is -2.40. The van der Waals surface area contributed by atoms with Crippen LogP contribution in [0.5, 0.6) is 0 Å². The molecule has 35 heavy (non-hydrogen) atoms.